The number of anilines is 1. The molecule has 0 spiro atoms. The highest BCUT2D eigenvalue weighted by molar-refractivity contribution is 7.92. The van der Waals surface area contributed by atoms with Gasteiger partial charge in [-0.2, -0.15) is 0 Å². The Morgan fingerprint density at radius 3 is 2.27 bits per heavy atom. The van der Waals surface area contributed by atoms with E-state index in [0.717, 1.165) is 22.9 Å². The number of methoxy groups -OCH3 is 1. The number of halogens is 1. The lowest BCUT2D eigenvalue weighted by molar-refractivity contribution is -0.141. The summed E-state index contributed by atoms with van der Waals surface area (Å²) in [5, 5.41) is 3.17. The molecule has 0 aliphatic rings. The van der Waals surface area contributed by atoms with Gasteiger partial charge in [0.05, 0.1) is 24.1 Å². The summed E-state index contributed by atoms with van der Waals surface area (Å²) in [6, 6.07) is 21.4. The van der Waals surface area contributed by atoms with Crippen molar-refractivity contribution in [3.63, 3.8) is 0 Å². The number of nitrogens with zero attached hydrogens (tertiary/aromatic N) is 2. The van der Waals surface area contributed by atoms with Crippen LogP contribution in [0.25, 0.3) is 0 Å². The van der Waals surface area contributed by atoms with Gasteiger partial charge in [-0.3, -0.25) is 13.9 Å². The van der Waals surface area contributed by atoms with Crippen LogP contribution < -0.4 is 14.4 Å². The number of benzene rings is 3. The molecule has 0 saturated heterocycles. The molecule has 0 aliphatic heterocycles. The van der Waals surface area contributed by atoms with E-state index in [-0.39, 0.29) is 42.8 Å². The van der Waals surface area contributed by atoms with Crippen LogP contribution in [-0.2, 0) is 32.6 Å². The van der Waals surface area contributed by atoms with E-state index in [9.17, 15) is 18.0 Å². The minimum Gasteiger partial charge on any atom is -0.495 e. The first-order chi connectivity index (χ1) is 19.5. The van der Waals surface area contributed by atoms with Crippen LogP contribution in [0.15, 0.2) is 72.8 Å². The first-order valence-corrected chi connectivity index (χ1v) is 15.7. The SMILES string of the molecule is CCNC(=O)[C@H](Cc1ccccc1)N(Cc1ccc(C)cc1)C(=O)CCCN(c1ccc(OC)c(Cl)c1)S(C)(=O)=O. The number of hydrogen-bond donors (Lipinski definition) is 1. The maximum atomic E-state index is 13.8. The second-order valence-corrected chi connectivity index (χ2v) is 12.2. The van der Waals surface area contributed by atoms with Crippen LogP contribution in [0.5, 0.6) is 5.75 Å². The second kappa shape index (κ2) is 14.9. The quantitative estimate of drug-likeness (QED) is 0.282. The van der Waals surface area contributed by atoms with Crippen molar-refractivity contribution in [1.82, 2.24) is 10.2 Å². The molecule has 41 heavy (non-hydrogen) atoms. The third kappa shape index (κ3) is 9.23. The maximum Gasteiger partial charge on any atom is 0.243 e. The van der Waals surface area contributed by atoms with E-state index in [1.54, 1.807) is 17.0 Å². The van der Waals surface area contributed by atoms with Crippen molar-refractivity contribution in [3.05, 3.63) is 94.5 Å². The molecule has 0 heterocycles. The fraction of sp³-hybridized carbons (Fsp3) is 0.355. The molecule has 0 unspecified atom stereocenters. The van der Waals surface area contributed by atoms with Crippen LogP contribution in [0.4, 0.5) is 5.69 Å². The van der Waals surface area contributed by atoms with Crippen molar-refractivity contribution >= 4 is 39.1 Å². The Morgan fingerprint density at radius 2 is 1.68 bits per heavy atom. The Kier molecular flexibility index (Phi) is 11.6. The molecule has 0 aromatic heterocycles. The Labute approximate surface area is 248 Å². The Bertz CT molecular complexity index is 1420. The number of aryl methyl sites for hydroxylation is 1. The Morgan fingerprint density at radius 1 is 1.00 bits per heavy atom. The predicted molar refractivity (Wildman–Crippen MR) is 164 cm³/mol. The van der Waals surface area contributed by atoms with Crippen LogP contribution in [0.2, 0.25) is 5.02 Å². The topological polar surface area (TPSA) is 96.0 Å². The van der Waals surface area contributed by atoms with Crippen molar-refractivity contribution < 1.29 is 22.7 Å². The van der Waals surface area contributed by atoms with Gasteiger partial charge >= 0.3 is 0 Å². The third-order valence-corrected chi connectivity index (χ3v) is 8.16. The Hall–Kier alpha value is -3.56. The predicted octanol–water partition coefficient (Wildman–Crippen LogP) is 4.98. The van der Waals surface area contributed by atoms with E-state index in [1.165, 1.54) is 17.5 Å². The molecule has 0 bridgehead atoms. The summed E-state index contributed by atoms with van der Waals surface area (Å²) in [4.78, 5) is 28.7. The first-order valence-electron chi connectivity index (χ1n) is 13.5. The lowest BCUT2D eigenvalue weighted by atomic mass is 10.0. The highest BCUT2D eigenvalue weighted by Gasteiger charge is 2.30. The molecule has 2 amide bonds. The molecular weight excluding hydrogens is 562 g/mol. The number of hydrogen-bond acceptors (Lipinski definition) is 5. The van der Waals surface area contributed by atoms with E-state index in [0.29, 0.717) is 24.4 Å². The minimum atomic E-state index is -3.66. The number of nitrogens with one attached hydrogen (secondary N) is 1. The van der Waals surface area contributed by atoms with E-state index in [4.69, 9.17) is 16.3 Å². The van der Waals surface area contributed by atoms with Crippen LogP contribution >= 0.6 is 11.6 Å². The summed E-state index contributed by atoms with van der Waals surface area (Å²) >= 11 is 6.25. The summed E-state index contributed by atoms with van der Waals surface area (Å²) < 4.78 is 31.7. The van der Waals surface area contributed by atoms with Crippen LogP contribution in [0.1, 0.15) is 36.5 Å². The maximum absolute atomic E-state index is 13.8. The standard InChI is InChI=1S/C31H38ClN3O5S/c1-5-33-31(37)28(20-24-10-7-6-8-11-24)34(22-25-15-13-23(2)14-16-25)30(36)12-9-19-35(41(4,38)39)26-17-18-29(40-3)27(32)21-26/h6-8,10-11,13-18,21,28H,5,9,12,19-20,22H2,1-4H3,(H,33,37)/t28-/m0/s1. The monoisotopic (exact) mass is 599 g/mol. The van der Waals surface area contributed by atoms with E-state index in [1.807, 2.05) is 68.4 Å². The summed E-state index contributed by atoms with van der Waals surface area (Å²) in [6.45, 7) is 4.58. The van der Waals surface area contributed by atoms with Gasteiger partial charge in [-0.15, -0.1) is 0 Å². The van der Waals surface area contributed by atoms with Gasteiger partial charge in [0.25, 0.3) is 0 Å². The smallest absolute Gasteiger partial charge is 0.243 e. The Balaban J connectivity index is 1.86. The number of amides is 2. The molecule has 0 radical (unpaired) electrons. The second-order valence-electron chi connectivity index (χ2n) is 9.86. The lowest BCUT2D eigenvalue weighted by Gasteiger charge is -2.32. The zero-order valence-electron chi connectivity index (χ0n) is 24.0. The van der Waals surface area contributed by atoms with Gasteiger partial charge in [0.15, 0.2) is 0 Å². The molecule has 0 aliphatic carbocycles. The van der Waals surface area contributed by atoms with Crippen molar-refractivity contribution in [2.24, 2.45) is 0 Å². The van der Waals surface area contributed by atoms with Crippen molar-refractivity contribution in [3.8, 4) is 5.75 Å². The largest absolute Gasteiger partial charge is 0.495 e. The van der Waals surface area contributed by atoms with Gasteiger partial charge < -0.3 is 15.0 Å². The summed E-state index contributed by atoms with van der Waals surface area (Å²) in [5.41, 5.74) is 3.31. The molecule has 8 nitrogen and oxygen atoms in total. The van der Waals surface area contributed by atoms with E-state index in [2.05, 4.69) is 5.32 Å². The number of likely N-dealkylation sites (N-methyl/N-ethyl adjacent to an activating group) is 1. The average molecular weight is 600 g/mol. The van der Waals surface area contributed by atoms with Crippen molar-refractivity contribution in [1.29, 1.82) is 0 Å². The zero-order valence-corrected chi connectivity index (χ0v) is 25.5. The highest BCUT2D eigenvalue weighted by atomic mass is 35.5. The van der Waals surface area contributed by atoms with E-state index >= 15 is 0 Å². The van der Waals surface area contributed by atoms with Gasteiger partial charge in [0, 0.05) is 32.5 Å². The van der Waals surface area contributed by atoms with Crippen molar-refractivity contribution in [2.75, 3.05) is 30.8 Å². The minimum absolute atomic E-state index is 0.0481. The molecule has 0 saturated carbocycles. The van der Waals surface area contributed by atoms with E-state index < -0.39 is 16.1 Å². The molecule has 10 heteroatoms. The van der Waals surface area contributed by atoms with Gasteiger partial charge in [-0.05, 0) is 49.6 Å². The average Bonchev–Trinajstić information content (AvgIpc) is 2.94. The lowest BCUT2D eigenvalue weighted by Crippen LogP contribution is -2.50. The third-order valence-electron chi connectivity index (χ3n) is 6.67. The molecule has 220 valence electrons. The molecule has 0 fully saturated rings. The molecule has 3 rings (SSSR count). The van der Waals surface area contributed by atoms with Crippen molar-refractivity contribution in [2.45, 2.75) is 45.7 Å². The number of sulfonamides is 1. The van der Waals surface area contributed by atoms with Crippen LogP contribution in [0.3, 0.4) is 0 Å². The number of ether oxygens (including phenoxy) is 1. The summed E-state index contributed by atoms with van der Waals surface area (Å²) in [6.07, 6.45) is 1.76. The molecular formula is C31H38ClN3O5S. The van der Waals surface area contributed by atoms with Gasteiger partial charge in [0.2, 0.25) is 21.8 Å². The first kappa shape index (κ1) is 32.0. The van der Waals surface area contributed by atoms with Crippen LogP contribution in [0, 0.1) is 6.92 Å². The van der Waals surface area contributed by atoms with Crippen LogP contribution in [-0.4, -0.2) is 57.6 Å². The summed E-state index contributed by atoms with van der Waals surface area (Å²) in [7, 11) is -2.18. The fourth-order valence-electron chi connectivity index (χ4n) is 4.55. The highest BCUT2D eigenvalue weighted by Crippen LogP contribution is 2.30. The fourth-order valence-corrected chi connectivity index (χ4v) is 5.76. The molecule has 3 aromatic rings. The number of carbonyl (C=O) groups excluding carboxylic acids is 2. The normalized spacial score (nSPS) is 11.9. The number of rotatable bonds is 14. The van der Waals surface area contributed by atoms with Gasteiger partial charge in [0.1, 0.15) is 11.8 Å². The molecule has 1 atom stereocenters. The number of carbonyl (C=O) groups is 2. The van der Waals surface area contributed by atoms with Gasteiger partial charge in [-0.1, -0.05) is 71.8 Å². The van der Waals surface area contributed by atoms with Gasteiger partial charge in [-0.25, -0.2) is 8.42 Å². The zero-order chi connectivity index (χ0) is 30.0. The molecule has 3 aromatic carbocycles. The summed E-state index contributed by atoms with van der Waals surface area (Å²) in [5.74, 6) is -0.0398. The molecule has 1 N–H and O–H groups in total.